The summed E-state index contributed by atoms with van der Waals surface area (Å²) in [5.74, 6) is 1.10. The Hall–Kier alpha value is -1.79. The predicted octanol–water partition coefficient (Wildman–Crippen LogP) is 2.36. The number of hydrogen-bond acceptors (Lipinski definition) is 4. The number of ether oxygens (including phenoxy) is 1. The van der Waals surface area contributed by atoms with E-state index in [-0.39, 0.29) is 24.2 Å². The Balaban J connectivity index is 0.00000243. The van der Waals surface area contributed by atoms with Crippen molar-refractivity contribution in [2.24, 2.45) is 0 Å². The molecule has 7 heteroatoms. The summed E-state index contributed by atoms with van der Waals surface area (Å²) in [6.07, 6.45) is 4.71. The lowest BCUT2D eigenvalue weighted by molar-refractivity contribution is -0.132. The lowest BCUT2D eigenvalue weighted by Crippen LogP contribution is -2.40. The Morgan fingerprint density at radius 3 is 3.04 bits per heavy atom. The molecule has 2 amide bonds. The van der Waals surface area contributed by atoms with Crippen LogP contribution in [-0.2, 0) is 16.0 Å². The highest BCUT2D eigenvalue weighted by Gasteiger charge is 2.27. The second-order valence-electron chi connectivity index (χ2n) is 6.76. The van der Waals surface area contributed by atoms with Gasteiger partial charge in [0.15, 0.2) is 0 Å². The number of halogens is 1. The number of likely N-dealkylation sites (tertiary alicyclic amines) is 1. The molecule has 0 saturated carbocycles. The zero-order valence-corrected chi connectivity index (χ0v) is 16.1. The molecule has 0 aromatic heterocycles. The van der Waals surface area contributed by atoms with E-state index >= 15 is 0 Å². The first-order valence-electron chi connectivity index (χ1n) is 9.17. The van der Waals surface area contributed by atoms with Crippen molar-refractivity contribution in [2.45, 2.75) is 44.6 Å². The molecule has 1 fully saturated rings. The van der Waals surface area contributed by atoms with Crippen molar-refractivity contribution in [2.75, 3.05) is 32.1 Å². The van der Waals surface area contributed by atoms with Gasteiger partial charge in [-0.15, -0.1) is 12.4 Å². The van der Waals surface area contributed by atoms with Crippen LogP contribution in [0.4, 0.5) is 5.69 Å². The zero-order valence-electron chi connectivity index (χ0n) is 15.3. The van der Waals surface area contributed by atoms with Gasteiger partial charge in [-0.3, -0.25) is 9.59 Å². The molecular formula is C19H28ClN3O3. The average Bonchev–Trinajstić information content (AvgIpc) is 3.07. The molecule has 2 heterocycles. The Labute approximate surface area is 161 Å². The van der Waals surface area contributed by atoms with Crippen LogP contribution in [0, 0.1) is 0 Å². The number of rotatable bonds is 7. The van der Waals surface area contributed by atoms with Crippen molar-refractivity contribution in [1.29, 1.82) is 0 Å². The third-order valence-corrected chi connectivity index (χ3v) is 4.91. The first-order valence-corrected chi connectivity index (χ1v) is 9.17. The van der Waals surface area contributed by atoms with E-state index in [9.17, 15) is 9.59 Å². The first-order chi connectivity index (χ1) is 12.2. The first kappa shape index (κ1) is 20.5. The van der Waals surface area contributed by atoms with Gasteiger partial charge >= 0.3 is 0 Å². The third-order valence-electron chi connectivity index (χ3n) is 4.91. The molecule has 0 aliphatic carbocycles. The number of nitrogens with one attached hydrogen (secondary N) is 2. The number of carbonyl (C=O) groups is 2. The molecule has 1 aromatic carbocycles. The van der Waals surface area contributed by atoms with E-state index in [1.54, 1.807) is 0 Å². The van der Waals surface area contributed by atoms with Gasteiger partial charge in [0.05, 0.1) is 6.61 Å². The molecule has 26 heavy (non-hydrogen) atoms. The third kappa shape index (κ3) is 5.11. The van der Waals surface area contributed by atoms with Crippen molar-refractivity contribution < 1.29 is 14.3 Å². The highest BCUT2D eigenvalue weighted by Crippen LogP contribution is 2.27. The van der Waals surface area contributed by atoms with Gasteiger partial charge < -0.3 is 20.3 Å². The molecule has 1 aromatic rings. The fourth-order valence-corrected chi connectivity index (χ4v) is 3.62. The van der Waals surface area contributed by atoms with Gasteiger partial charge in [-0.1, -0.05) is 0 Å². The van der Waals surface area contributed by atoms with Crippen LogP contribution in [-0.4, -0.2) is 49.5 Å². The van der Waals surface area contributed by atoms with Gasteiger partial charge in [-0.2, -0.15) is 0 Å². The molecule has 1 saturated heterocycles. The fraction of sp³-hybridized carbons (Fsp3) is 0.579. The number of hydrogen-bond donors (Lipinski definition) is 2. The summed E-state index contributed by atoms with van der Waals surface area (Å²) in [5, 5.41) is 6.03. The summed E-state index contributed by atoms with van der Waals surface area (Å²) >= 11 is 0. The second-order valence-corrected chi connectivity index (χ2v) is 6.76. The normalized spacial score (nSPS) is 18.7. The standard InChI is InChI=1S/C19H27N3O3.ClH/c1-20-13-15-4-2-10-22(15)19(24)5-3-11-25-16-7-8-17-14(12-16)6-9-18(23)21-17;/h7-8,12,15,20H,2-6,9-11,13H2,1H3,(H,21,23);1H. The van der Waals surface area contributed by atoms with E-state index in [4.69, 9.17) is 4.74 Å². The highest BCUT2D eigenvalue weighted by atomic mass is 35.5. The van der Waals surface area contributed by atoms with Crippen LogP contribution in [0.25, 0.3) is 0 Å². The summed E-state index contributed by atoms with van der Waals surface area (Å²) in [4.78, 5) is 25.8. The van der Waals surface area contributed by atoms with Crippen LogP contribution in [0.3, 0.4) is 0 Å². The molecule has 2 N–H and O–H groups in total. The van der Waals surface area contributed by atoms with Gasteiger partial charge in [-0.25, -0.2) is 0 Å². The zero-order chi connectivity index (χ0) is 17.6. The number of fused-ring (bicyclic) bond motifs is 1. The minimum absolute atomic E-state index is 0. The minimum atomic E-state index is 0. The van der Waals surface area contributed by atoms with Crippen LogP contribution < -0.4 is 15.4 Å². The van der Waals surface area contributed by atoms with Crippen molar-refractivity contribution in [3.8, 4) is 5.75 Å². The highest BCUT2D eigenvalue weighted by molar-refractivity contribution is 5.94. The van der Waals surface area contributed by atoms with Crippen molar-refractivity contribution in [3.05, 3.63) is 23.8 Å². The molecule has 6 nitrogen and oxygen atoms in total. The van der Waals surface area contributed by atoms with E-state index in [0.29, 0.717) is 25.5 Å². The van der Waals surface area contributed by atoms with E-state index in [0.717, 1.165) is 55.8 Å². The maximum Gasteiger partial charge on any atom is 0.224 e. The van der Waals surface area contributed by atoms with Gasteiger partial charge in [0.1, 0.15) is 5.75 Å². The van der Waals surface area contributed by atoms with E-state index < -0.39 is 0 Å². The fourth-order valence-electron chi connectivity index (χ4n) is 3.62. The quantitative estimate of drug-likeness (QED) is 0.711. The topological polar surface area (TPSA) is 70.7 Å². The minimum Gasteiger partial charge on any atom is -0.494 e. The summed E-state index contributed by atoms with van der Waals surface area (Å²) in [7, 11) is 1.93. The largest absolute Gasteiger partial charge is 0.494 e. The molecule has 1 unspecified atom stereocenters. The lowest BCUT2D eigenvalue weighted by Gasteiger charge is -2.24. The lowest BCUT2D eigenvalue weighted by atomic mass is 10.0. The Bertz CT molecular complexity index is 638. The number of benzene rings is 1. The monoisotopic (exact) mass is 381 g/mol. The number of likely N-dealkylation sites (N-methyl/N-ethyl adjacent to an activating group) is 1. The van der Waals surface area contributed by atoms with Crippen molar-refractivity contribution >= 4 is 29.9 Å². The van der Waals surface area contributed by atoms with Crippen molar-refractivity contribution in [1.82, 2.24) is 10.2 Å². The number of aryl methyl sites for hydroxylation is 1. The summed E-state index contributed by atoms with van der Waals surface area (Å²) < 4.78 is 5.79. The number of nitrogens with zero attached hydrogens (tertiary/aromatic N) is 1. The van der Waals surface area contributed by atoms with Gasteiger partial charge in [-0.05, 0) is 56.5 Å². The van der Waals surface area contributed by atoms with Crippen LogP contribution in [0.15, 0.2) is 18.2 Å². The molecular weight excluding hydrogens is 354 g/mol. The predicted molar refractivity (Wildman–Crippen MR) is 104 cm³/mol. The smallest absolute Gasteiger partial charge is 0.224 e. The van der Waals surface area contributed by atoms with Gasteiger partial charge in [0.25, 0.3) is 0 Å². The summed E-state index contributed by atoms with van der Waals surface area (Å²) in [6.45, 7) is 2.28. The number of amides is 2. The molecule has 0 radical (unpaired) electrons. The van der Waals surface area contributed by atoms with Crippen LogP contribution in [0.5, 0.6) is 5.75 Å². The number of anilines is 1. The molecule has 0 spiro atoms. The van der Waals surface area contributed by atoms with E-state index in [1.807, 2.05) is 30.1 Å². The van der Waals surface area contributed by atoms with E-state index in [2.05, 4.69) is 10.6 Å². The molecule has 3 rings (SSSR count). The molecule has 1 atom stereocenters. The summed E-state index contributed by atoms with van der Waals surface area (Å²) in [5.41, 5.74) is 1.99. The molecule has 0 bridgehead atoms. The van der Waals surface area contributed by atoms with Crippen LogP contribution in [0.2, 0.25) is 0 Å². The average molecular weight is 382 g/mol. The molecule has 2 aliphatic rings. The summed E-state index contributed by atoms with van der Waals surface area (Å²) in [6, 6.07) is 6.09. The Kier molecular flexibility index (Phi) is 7.72. The van der Waals surface area contributed by atoms with Crippen LogP contribution in [0.1, 0.15) is 37.7 Å². The second kappa shape index (κ2) is 9.78. The van der Waals surface area contributed by atoms with Gasteiger partial charge in [0, 0.05) is 37.7 Å². The van der Waals surface area contributed by atoms with E-state index in [1.165, 1.54) is 0 Å². The SMILES string of the molecule is CNCC1CCCN1C(=O)CCCOc1ccc2c(c1)CCC(=O)N2.Cl. The number of carbonyl (C=O) groups excluding carboxylic acids is 2. The maximum absolute atomic E-state index is 12.4. The Morgan fingerprint density at radius 1 is 1.38 bits per heavy atom. The maximum atomic E-state index is 12.4. The molecule has 2 aliphatic heterocycles. The van der Waals surface area contributed by atoms with Gasteiger partial charge in [0.2, 0.25) is 11.8 Å². The molecule has 144 valence electrons. The Morgan fingerprint density at radius 2 is 2.23 bits per heavy atom. The van der Waals surface area contributed by atoms with Crippen LogP contribution >= 0.6 is 12.4 Å². The van der Waals surface area contributed by atoms with Crippen molar-refractivity contribution in [3.63, 3.8) is 0 Å².